The van der Waals surface area contributed by atoms with Gasteiger partial charge in [-0.25, -0.2) is 0 Å². The molecule has 2 rings (SSSR count). The van der Waals surface area contributed by atoms with Crippen LogP contribution in [0.25, 0.3) is 0 Å². The lowest BCUT2D eigenvalue weighted by atomic mass is 10.5. The Morgan fingerprint density at radius 2 is 1.56 bits per heavy atom. The quantitative estimate of drug-likeness (QED) is 0.740. The molecule has 0 radical (unpaired) electrons. The summed E-state index contributed by atoms with van der Waals surface area (Å²) >= 11 is 2.15. The van der Waals surface area contributed by atoms with Crippen LogP contribution in [0.1, 0.15) is 11.4 Å². The van der Waals surface area contributed by atoms with Crippen molar-refractivity contribution < 1.29 is 13.6 Å². The Balaban J connectivity index is 1.69. The highest BCUT2D eigenvalue weighted by atomic mass is 32.1. The first-order chi connectivity index (χ1) is 7.84. The second-order valence-electron chi connectivity index (χ2n) is 2.62. The zero-order chi connectivity index (χ0) is 11.2. The summed E-state index contributed by atoms with van der Waals surface area (Å²) in [5, 5.41) is 0. The Bertz CT molecular complexity index is 394. The van der Waals surface area contributed by atoms with Crippen LogP contribution in [-0.4, -0.2) is 17.5 Å². The molecule has 7 nitrogen and oxygen atoms in total. The fourth-order valence-electron chi connectivity index (χ4n) is 0.803. The smallest absolute Gasteiger partial charge is 0.304 e. The van der Waals surface area contributed by atoms with Gasteiger partial charge in [0.1, 0.15) is 24.6 Å². The Hall–Kier alpha value is -0.730. The van der Waals surface area contributed by atoms with Crippen molar-refractivity contribution >= 4 is 31.7 Å². The van der Waals surface area contributed by atoms with Crippen LogP contribution in [0, 0.1) is 0 Å². The highest BCUT2D eigenvalue weighted by molar-refractivity contribution is 7.33. The van der Waals surface area contributed by atoms with Crippen molar-refractivity contribution in [1.29, 1.82) is 0 Å². The van der Waals surface area contributed by atoms with E-state index in [9.17, 15) is 4.57 Å². The van der Waals surface area contributed by atoms with Crippen molar-refractivity contribution in [2.45, 2.75) is 13.2 Å². The molecule has 0 amide bonds. The molecule has 0 unspecified atom stereocenters. The number of rotatable bonds is 6. The predicted octanol–water partition coefficient (Wildman–Crippen LogP) is 1.51. The van der Waals surface area contributed by atoms with Crippen LogP contribution in [0.5, 0.6) is 0 Å². The van der Waals surface area contributed by atoms with E-state index in [1.54, 1.807) is 12.4 Å². The number of aromatic nitrogens is 4. The highest BCUT2D eigenvalue weighted by Gasteiger charge is 2.04. The fourth-order valence-corrected chi connectivity index (χ4v) is 2.26. The Morgan fingerprint density at radius 1 is 1.06 bits per heavy atom. The first-order valence-corrected chi connectivity index (χ1v) is 6.85. The number of nitrogens with zero attached hydrogens (tertiary/aromatic N) is 4. The van der Waals surface area contributed by atoms with Crippen LogP contribution in [0.4, 0.5) is 0 Å². The summed E-state index contributed by atoms with van der Waals surface area (Å²) in [6, 6.07) is 0. The van der Waals surface area contributed by atoms with Crippen LogP contribution >= 0.6 is 31.7 Å². The molecule has 2 heterocycles. The van der Waals surface area contributed by atoms with Gasteiger partial charge >= 0.3 is 8.25 Å². The molecule has 16 heavy (non-hydrogen) atoms. The normalized spacial score (nSPS) is 11.1. The lowest BCUT2D eigenvalue weighted by Gasteiger charge is -2.01. The fraction of sp³-hybridized carbons (Fsp3) is 0.333. The van der Waals surface area contributed by atoms with E-state index in [4.69, 9.17) is 9.05 Å². The van der Waals surface area contributed by atoms with E-state index in [0.29, 0.717) is 11.4 Å². The third-order valence-corrected chi connectivity index (χ3v) is 3.28. The van der Waals surface area contributed by atoms with Gasteiger partial charge in [0.2, 0.25) is 0 Å². The molecule has 0 atom stereocenters. The topological polar surface area (TPSA) is 87.1 Å². The van der Waals surface area contributed by atoms with Crippen LogP contribution < -0.4 is 0 Å². The minimum absolute atomic E-state index is 0.142. The summed E-state index contributed by atoms with van der Waals surface area (Å²) in [6.07, 6.45) is 3.12. The Labute approximate surface area is 100 Å². The van der Waals surface area contributed by atoms with Crippen LogP contribution in [0.3, 0.4) is 0 Å². The van der Waals surface area contributed by atoms with Gasteiger partial charge in [0.15, 0.2) is 0 Å². The molecule has 0 aliphatic heterocycles. The average molecular weight is 278 g/mol. The third-order valence-electron chi connectivity index (χ3n) is 1.49. The second kappa shape index (κ2) is 6.12. The van der Waals surface area contributed by atoms with Gasteiger partial charge in [-0.3, -0.25) is 4.57 Å². The van der Waals surface area contributed by atoms with Gasteiger partial charge in [-0.05, 0) is 0 Å². The lowest BCUT2D eigenvalue weighted by molar-refractivity contribution is 0.210. The summed E-state index contributed by atoms with van der Waals surface area (Å²) in [4.78, 5) is 0. The van der Waals surface area contributed by atoms with Gasteiger partial charge in [0, 0.05) is 0 Å². The maximum Gasteiger partial charge on any atom is 0.319 e. The van der Waals surface area contributed by atoms with Crippen molar-refractivity contribution in [2.75, 3.05) is 0 Å². The van der Waals surface area contributed by atoms with Crippen LogP contribution in [0.2, 0.25) is 0 Å². The van der Waals surface area contributed by atoms with E-state index >= 15 is 0 Å². The van der Waals surface area contributed by atoms with Gasteiger partial charge in [0.25, 0.3) is 0 Å². The summed E-state index contributed by atoms with van der Waals surface area (Å²) in [5.74, 6) is 0. The molecule has 2 aromatic heterocycles. The molecule has 0 saturated heterocycles. The third kappa shape index (κ3) is 3.69. The van der Waals surface area contributed by atoms with Gasteiger partial charge < -0.3 is 9.05 Å². The Kier molecular flexibility index (Phi) is 4.49. The molecule has 0 aliphatic rings. The van der Waals surface area contributed by atoms with E-state index in [1.807, 2.05) is 0 Å². The molecule has 0 fully saturated rings. The lowest BCUT2D eigenvalue weighted by Crippen LogP contribution is -1.89. The van der Waals surface area contributed by atoms with E-state index in [-0.39, 0.29) is 13.2 Å². The van der Waals surface area contributed by atoms with Crippen molar-refractivity contribution in [2.24, 2.45) is 0 Å². The van der Waals surface area contributed by atoms with Gasteiger partial charge in [-0.1, -0.05) is 0 Å². The molecule has 0 bridgehead atoms. The molecular weight excluding hydrogens is 271 g/mol. The SMILES string of the molecule is O=[PH](OCc1cnsn1)OCc1cnsn1. The first kappa shape index (κ1) is 11.7. The second-order valence-corrected chi connectivity index (χ2v) is 4.82. The summed E-state index contributed by atoms with van der Waals surface area (Å²) < 4.78 is 36.6. The largest absolute Gasteiger partial charge is 0.319 e. The number of hydrogen-bond donors (Lipinski definition) is 0. The van der Waals surface area contributed by atoms with Gasteiger partial charge in [-0.2, -0.15) is 17.5 Å². The maximum absolute atomic E-state index is 11.3. The molecule has 86 valence electrons. The van der Waals surface area contributed by atoms with Crippen molar-refractivity contribution in [1.82, 2.24) is 17.5 Å². The molecule has 0 spiro atoms. The highest BCUT2D eigenvalue weighted by Crippen LogP contribution is 2.26. The van der Waals surface area contributed by atoms with Crippen LogP contribution in [0.15, 0.2) is 12.4 Å². The zero-order valence-corrected chi connectivity index (χ0v) is 10.5. The standard InChI is InChI=1S/C6H7N4O3PS2/c11-14(12-3-5-1-7-15-9-5)13-4-6-2-8-16-10-6/h1-2,14H,3-4H2. The summed E-state index contributed by atoms with van der Waals surface area (Å²) in [5.41, 5.74) is 1.28. The average Bonchev–Trinajstić information content (AvgIpc) is 2.96. The van der Waals surface area contributed by atoms with E-state index in [0.717, 1.165) is 23.5 Å². The summed E-state index contributed by atoms with van der Waals surface area (Å²) in [7, 11) is -2.52. The van der Waals surface area contributed by atoms with Gasteiger partial charge in [0.05, 0.1) is 35.9 Å². The van der Waals surface area contributed by atoms with Crippen molar-refractivity contribution in [3.05, 3.63) is 23.8 Å². The van der Waals surface area contributed by atoms with Gasteiger partial charge in [-0.15, -0.1) is 0 Å². The maximum atomic E-state index is 11.3. The predicted molar refractivity (Wildman–Crippen MR) is 58.4 cm³/mol. The molecule has 0 aromatic carbocycles. The zero-order valence-electron chi connectivity index (χ0n) is 7.90. The van der Waals surface area contributed by atoms with E-state index < -0.39 is 8.25 Å². The monoisotopic (exact) mass is 278 g/mol. The van der Waals surface area contributed by atoms with Crippen LogP contribution in [-0.2, 0) is 26.8 Å². The van der Waals surface area contributed by atoms with E-state index in [2.05, 4.69) is 17.5 Å². The first-order valence-electron chi connectivity index (χ1n) is 4.17. The van der Waals surface area contributed by atoms with E-state index in [1.165, 1.54) is 0 Å². The molecular formula is C6H7N4O3PS2. The van der Waals surface area contributed by atoms with Crippen molar-refractivity contribution in [3.63, 3.8) is 0 Å². The Morgan fingerprint density at radius 3 is 1.94 bits per heavy atom. The minimum atomic E-state index is -2.52. The molecule has 10 heteroatoms. The summed E-state index contributed by atoms with van der Waals surface area (Å²) in [6.45, 7) is 0.285. The molecule has 0 N–H and O–H groups in total. The molecule has 0 saturated carbocycles. The molecule has 2 aromatic rings. The van der Waals surface area contributed by atoms with Crippen molar-refractivity contribution in [3.8, 4) is 0 Å². The minimum Gasteiger partial charge on any atom is -0.304 e. The number of hydrogen-bond acceptors (Lipinski definition) is 9. The molecule has 0 aliphatic carbocycles.